The van der Waals surface area contributed by atoms with Gasteiger partial charge in [-0.3, -0.25) is 4.79 Å². The van der Waals surface area contributed by atoms with Gasteiger partial charge in [-0.15, -0.1) is 0 Å². The number of rotatable bonds is 8. The van der Waals surface area contributed by atoms with Crippen LogP contribution in [0, 0.1) is 5.41 Å². The first-order valence-electron chi connectivity index (χ1n) is 12.6. The first-order valence-corrected chi connectivity index (χ1v) is 12.6. The Morgan fingerprint density at radius 2 is 1.79 bits per heavy atom. The number of halogens is 1. The molecule has 4 fully saturated rings. The van der Waals surface area contributed by atoms with E-state index in [9.17, 15) is 9.18 Å². The van der Waals surface area contributed by atoms with E-state index in [4.69, 9.17) is 15.2 Å². The van der Waals surface area contributed by atoms with Gasteiger partial charge in [0.2, 0.25) is 5.91 Å². The molecule has 5 rings (SSSR count). The van der Waals surface area contributed by atoms with Gasteiger partial charge in [-0.2, -0.15) is 0 Å². The highest BCUT2D eigenvalue weighted by atomic mass is 19.1. The molecule has 1 aromatic carbocycles. The minimum Gasteiger partial charge on any atom is -0.489 e. The molecule has 0 saturated heterocycles. The highest BCUT2D eigenvalue weighted by Crippen LogP contribution is 2.58. The predicted molar refractivity (Wildman–Crippen MR) is 128 cm³/mol. The third kappa shape index (κ3) is 5.27. The fourth-order valence-electron chi connectivity index (χ4n) is 6.17. The van der Waals surface area contributed by atoms with E-state index in [0.717, 1.165) is 70.0 Å². The molecule has 0 heterocycles. The Hall–Kier alpha value is -1.92. The fraction of sp³-hybridized carbons (Fsp3) is 0.667. The van der Waals surface area contributed by atoms with Crippen LogP contribution >= 0.6 is 0 Å². The van der Waals surface area contributed by atoms with Crippen LogP contribution in [0.5, 0.6) is 5.75 Å². The van der Waals surface area contributed by atoms with Crippen molar-refractivity contribution in [1.82, 2.24) is 5.32 Å². The third-order valence-corrected chi connectivity index (χ3v) is 8.58. The summed E-state index contributed by atoms with van der Waals surface area (Å²) >= 11 is 0. The second-order valence-electron chi connectivity index (χ2n) is 10.4. The number of nitrogens with one attached hydrogen (secondary N) is 1. The van der Waals surface area contributed by atoms with Crippen LogP contribution in [0.2, 0.25) is 0 Å². The maximum atomic E-state index is 13.4. The van der Waals surface area contributed by atoms with E-state index in [0.29, 0.717) is 11.9 Å². The number of nitrogens with two attached hydrogens (primary N) is 1. The highest BCUT2D eigenvalue weighted by Gasteiger charge is 2.53. The number of hydrogen-bond donors (Lipinski definition) is 2. The van der Waals surface area contributed by atoms with Gasteiger partial charge in [-0.05, 0) is 80.9 Å². The van der Waals surface area contributed by atoms with E-state index in [-0.39, 0.29) is 42.0 Å². The minimum absolute atomic E-state index is 0.154. The van der Waals surface area contributed by atoms with Gasteiger partial charge in [0.1, 0.15) is 12.4 Å². The molecule has 4 aliphatic rings. The number of benzene rings is 1. The van der Waals surface area contributed by atoms with Gasteiger partial charge in [-0.25, -0.2) is 4.39 Å². The molecule has 0 spiro atoms. The lowest BCUT2D eigenvalue weighted by atomic mass is 9.51. The zero-order valence-corrected chi connectivity index (χ0v) is 19.9. The van der Waals surface area contributed by atoms with E-state index in [1.54, 1.807) is 7.11 Å². The lowest BCUT2D eigenvalue weighted by molar-refractivity contribution is -0.139. The van der Waals surface area contributed by atoms with Gasteiger partial charge in [-0.1, -0.05) is 25.0 Å². The first-order chi connectivity index (χ1) is 16.0. The van der Waals surface area contributed by atoms with E-state index >= 15 is 0 Å². The van der Waals surface area contributed by atoms with Crippen molar-refractivity contribution < 1.29 is 18.7 Å². The number of fused-ring (bicyclic) bond motifs is 3. The molecule has 2 atom stereocenters. The minimum atomic E-state index is -0.197. The smallest absolute Gasteiger partial charge is 0.226 e. The van der Waals surface area contributed by atoms with Gasteiger partial charge >= 0.3 is 0 Å². The molecular weight excluding hydrogens is 419 g/mol. The molecule has 6 heteroatoms. The van der Waals surface area contributed by atoms with Gasteiger partial charge in [0.05, 0.1) is 12.4 Å². The summed E-state index contributed by atoms with van der Waals surface area (Å²) in [5, 5.41) is 3.43. The van der Waals surface area contributed by atoms with E-state index in [2.05, 4.69) is 17.4 Å². The maximum absolute atomic E-state index is 13.4. The molecule has 4 aliphatic carbocycles. The normalized spacial score (nSPS) is 32.3. The van der Waals surface area contributed by atoms with Crippen LogP contribution in [0.25, 0.3) is 0 Å². The molecular formula is C27H39FN2O3. The zero-order valence-electron chi connectivity index (χ0n) is 19.9. The molecule has 0 aromatic heterocycles. The quantitative estimate of drug-likeness (QED) is 0.542. The van der Waals surface area contributed by atoms with Crippen molar-refractivity contribution in [2.45, 2.75) is 88.2 Å². The standard InChI is InChI=1S/C27H39FN2O3/c1-32-24-5-3-2-4-22(16-24)30-25(31)27-13-10-26(11-14-27,12-15-27)21-6-8-23(9-7-21)33-19-20(17-28)18-29/h6-9,17,22,24H,2-5,10-16,18-19,29H2,1H3,(H,30,31)/b20-17+/t22-,24+,26?,27?/m1/s1. The van der Waals surface area contributed by atoms with Crippen molar-refractivity contribution in [3.05, 3.63) is 41.7 Å². The van der Waals surface area contributed by atoms with Crippen LogP contribution in [0.4, 0.5) is 4.39 Å². The predicted octanol–water partition coefficient (Wildman–Crippen LogP) is 4.93. The van der Waals surface area contributed by atoms with Crippen LogP contribution in [0.1, 0.15) is 76.2 Å². The Kier molecular flexibility index (Phi) is 7.75. The van der Waals surface area contributed by atoms with Crippen molar-refractivity contribution in [3.63, 3.8) is 0 Å². The maximum Gasteiger partial charge on any atom is 0.226 e. The molecule has 0 unspecified atom stereocenters. The largest absolute Gasteiger partial charge is 0.489 e. The molecule has 5 nitrogen and oxygen atoms in total. The highest BCUT2D eigenvalue weighted by molar-refractivity contribution is 5.83. The van der Waals surface area contributed by atoms with Crippen LogP contribution in [0.3, 0.4) is 0 Å². The van der Waals surface area contributed by atoms with Crippen molar-refractivity contribution in [2.24, 2.45) is 11.1 Å². The summed E-state index contributed by atoms with van der Waals surface area (Å²) in [7, 11) is 1.78. The lowest BCUT2D eigenvalue weighted by Gasteiger charge is -2.53. The summed E-state index contributed by atoms with van der Waals surface area (Å²) in [4.78, 5) is 13.4. The SMILES string of the molecule is CO[C@H]1CCCC[C@@H](NC(=O)C23CCC(c4ccc(OC/C(=C/F)CN)cc4)(CC2)CC3)C1. The van der Waals surface area contributed by atoms with E-state index < -0.39 is 0 Å². The van der Waals surface area contributed by atoms with Gasteiger partial charge < -0.3 is 20.5 Å². The van der Waals surface area contributed by atoms with E-state index in [1.165, 1.54) is 12.0 Å². The van der Waals surface area contributed by atoms with Crippen LogP contribution in [-0.2, 0) is 14.9 Å². The lowest BCUT2D eigenvalue weighted by Crippen LogP contribution is -2.53. The topological polar surface area (TPSA) is 73.6 Å². The Labute approximate surface area is 197 Å². The molecule has 1 amide bonds. The first kappa shape index (κ1) is 24.2. The number of carbonyl (C=O) groups excluding carboxylic acids is 1. The summed E-state index contributed by atoms with van der Waals surface area (Å²) < 4.78 is 24.0. The molecule has 4 saturated carbocycles. The monoisotopic (exact) mass is 458 g/mol. The molecule has 3 N–H and O–H groups in total. The Morgan fingerprint density at radius 1 is 1.12 bits per heavy atom. The molecule has 1 aromatic rings. The molecule has 33 heavy (non-hydrogen) atoms. The summed E-state index contributed by atoms with van der Waals surface area (Å²) in [6.45, 7) is 0.321. The average Bonchev–Trinajstić information content (AvgIpc) is 3.11. The van der Waals surface area contributed by atoms with Crippen LogP contribution in [-0.4, -0.2) is 38.3 Å². The zero-order chi connectivity index (χ0) is 23.3. The summed E-state index contributed by atoms with van der Waals surface area (Å²) in [6, 6.07) is 8.47. The van der Waals surface area contributed by atoms with Gasteiger partial charge in [0.15, 0.2) is 0 Å². The third-order valence-electron chi connectivity index (χ3n) is 8.58. The van der Waals surface area contributed by atoms with Crippen LogP contribution < -0.4 is 15.8 Å². The Balaban J connectivity index is 1.35. The number of carbonyl (C=O) groups is 1. The van der Waals surface area contributed by atoms with Crippen molar-refractivity contribution >= 4 is 5.91 Å². The van der Waals surface area contributed by atoms with Crippen molar-refractivity contribution in [2.75, 3.05) is 20.3 Å². The molecule has 0 radical (unpaired) electrons. The fourth-order valence-corrected chi connectivity index (χ4v) is 6.17. The number of ether oxygens (including phenoxy) is 2. The van der Waals surface area contributed by atoms with Gasteiger partial charge in [0, 0.05) is 30.7 Å². The van der Waals surface area contributed by atoms with Crippen molar-refractivity contribution in [1.29, 1.82) is 0 Å². The van der Waals surface area contributed by atoms with E-state index in [1.807, 2.05) is 12.1 Å². The number of hydrogen-bond acceptors (Lipinski definition) is 4. The second kappa shape index (κ2) is 10.6. The molecule has 182 valence electrons. The van der Waals surface area contributed by atoms with Crippen molar-refractivity contribution in [3.8, 4) is 5.75 Å². The second-order valence-corrected chi connectivity index (χ2v) is 10.4. The molecule has 2 bridgehead atoms. The number of amides is 1. The number of methoxy groups -OCH3 is 1. The summed E-state index contributed by atoms with van der Waals surface area (Å²) in [6.07, 6.45) is 12.3. The summed E-state index contributed by atoms with van der Waals surface area (Å²) in [5.41, 5.74) is 7.22. The Bertz CT molecular complexity index is 814. The average molecular weight is 459 g/mol. The Morgan fingerprint density at radius 3 is 2.39 bits per heavy atom. The summed E-state index contributed by atoms with van der Waals surface area (Å²) in [5.74, 6) is 0.999. The van der Waals surface area contributed by atoms with Gasteiger partial charge in [0.25, 0.3) is 0 Å². The molecule has 0 aliphatic heterocycles. The van der Waals surface area contributed by atoms with Crippen LogP contribution in [0.15, 0.2) is 36.2 Å².